The van der Waals surface area contributed by atoms with E-state index < -0.39 is 0 Å². The first-order chi connectivity index (χ1) is 13.7. The molecule has 6 heteroatoms. The summed E-state index contributed by atoms with van der Waals surface area (Å²) in [6, 6.07) is 12.4. The van der Waals surface area contributed by atoms with Gasteiger partial charge in [0.05, 0.1) is 5.69 Å². The van der Waals surface area contributed by atoms with Gasteiger partial charge < -0.3 is 4.90 Å². The first-order valence-corrected chi connectivity index (χ1v) is 11.2. The van der Waals surface area contributed by atoms with Crippen LogP contribution in [0.25, 0.3) is 16.6 Å². The summed E-state index contributed by atoms with van der Waals surface area (Å²) in [7, 11) is 0. The molecule has 1 aromatic carbocycles. The SMILES string of the molecule is Cc1nc(-c2ccsc2)sc1C(=O)N1CCN(C/C=C/c2ccccc2)CC1. The zero-order valence-corrected chi connectivity index (χ0v) is 17.5. The Bertz CT molecular complexity index is 940. The van der Waals surface area contributed by atoms with E-state index in [0.29, 0.717) is 0 Å². The van der Waals surface area contributed by atoms with Crippen LogP contribution in [-0.2, 0) is 0 Å². The number of carbonyl (C=O) groups excluding carboxylic acids is 1. The van der Waals surface area contributed by atoms with Gasteiger partial charge in [0.2, 0.25) is 0 Å². The van der Waals surface area contributed by atoms with Crippen molar-refractivity contribution in [2.45, 2.75) is 6.92 Å². The van der Waals surface area contributed by atoms with Crippen molar-refractivity contribution in [1.29, 1.82) is 0 Å². The van der Waals surface area contributed by atoms with Crippen molar-refractivity contribution in [1.82, 2.24) is 14.8 Å². The molecule has 28 heavy (non-hydrogen) atoms. The Kier molecular flexibility index (Phi) is 6.00. The average molecular weight is 410 g/mol. The minimum Gasteiger partial charge on any atom is -0.335 e. The van der Waals surface area contributed by atoms with E-state index >= 15 is 0 Å². The van der Waals surface area contributed by atoms with Crippen LogP contribution in [0.2, 0.25) is 0 Å². The van der Waals surface area contributed by atoms with Gasteiger partial charge in [0, 0.05) is 43.7 Å². The molecule has 3 heterocycles. The first kappa shape index (κ1) is 19.1. The van der Waals surface area contributed by atoms with E-state index in [-0.39, 0.29) is 5.91 Å². The minimum atomic E-state index is 0.121. The van der Waals surface area contributed by atoms with Gasteiger partial charge in [-0.15, -0.1) is 11.3 Å². The molecule has 3 aromatic rings. The molecule has 1 aliphatic heterocycles. The Morgan fingerprint density at radius 2 is 1.93 bits per heavy atom. The van der Waals surface area contributed by atoms with Crippen molar-refractivity contribution >= 4 is 34.7 Å². The Morgan fingerprint density at radius 1 is 1.14 bits per heavy atom. The third-order valence-electron chi connectivity index (χ3n) is 4.89. The molecule has 4 rings (SSSR count). The lowest BCUT2D eigenvalue weighted by Gasteiger charge is -2.34. The molecule has 0 aliphatic carbocycles. The Hall–Kier alpha value is -2.28. The molecule has 0 atom stereocenters. The maximum absolute atomic E-state index is 13.0. The van der Waals surface area contributed by atoms with E-state index in [4.69, 9.17) is 0 Å². The second-order valence-electron chi connectivity index (χ2n) is 6.85. The number of nitrogens with zero attached hydrogens (tertiary/aromatic N) is 3. The number of amides is 1. The van der Waals surface area contributed by atoms with Crippen molar-refractivity contribution in [3.05, 3.63) is 69.4 Å². The molecule has 4 nitrogen and oxygen atoms in total. The highest BCUT2D eigenvalue weighted by Crippen LogP contribution is 2.30. The summed E-state index contributed by atoms with van der Waals surface area (Å²) in [5.74, 6) is 0.121. The van der Waals surface area contributed by atoms with Crippen LogP contribution < -0.4 is 0 Å². The number of aromatic nitrogens is 1. The molecule has 0 saturated carbocycles. The molecule has 2 aromatic heterocycles. The molecule has 1 aliphatic rings. The fourth-order valence-electron chi connectivity index (χ4n) is 3.28. The van der Waals surface area contributed by atoms with E-state index in [2.05, 4.69) is 57.7 Å². The van der Waals surface area contributed by atoms with Crippen LogP contribution in [0, 0.1) is 6.92 Å². The van der Waals surface area contributed by atoms with Crippen LogP contribution in [0.4, 0.5) is 0 Å². The average Bonchev–Trinajstić information content (AvgIpc) is 3.39. The van der Waals surface area contributed by atoms with Crippen molar-refractivity contribution < 1.29 is 4.79 Å². The maximum Gasteiger partial charge on any atom is 0.265 e. The van der Waals surface area contributed by atoms with Gasteiger partial charge in [0.1, 0.15) is 9.88 Å². The van der Waals surface area contributed by atoms with Crippen molar-refractivity contribution in [3.63, 3.8) is 0 Å². The molecule has 0 radical (unpaired) electrons. The normalized spacial score (nSPS) is 15.4. The van der Waals surface area contributed by atoms with Crippen LogP contribution in [0.15, 0.2) is 53.2 Å². The summed E-state index contributed by atoms with van der Waals surface area (Å²) in [6.45, 7) is 6.19. The van der Waals surface area contributed by atoms with Crippen LogP contribution in [0.5, 0.6) is 0 Å². The minimum absolute atomic E-state index is 0.121. The number of rotatable bonds is 5. The number of benzene rings is 1. The number of carbonyl (C=O) groups is 1. The molecule has 1 saturated heterocycles. The smallest absolute Gasteiger partial charge is 0.265 e. The predicted octanol–water partition coefficient (Wildman–Crippen LogP) is 4.65. The number of piperazine rings is 1. The summed E-state index contributed by atoms with van der Waals surface area (Å²) in [6.07, 6.45) is 4.36. The lowest BCUT2D eigenvalue weighted by molar-refractivity contribution is 0.0654. The van der Waals surface area contributed by atoms with Crippen molar-refractivity contribution in [2.24, 2.45) is 0 Å². The number of hydrogen-bond acceptors (Lipinski definition) is 5. The van der Waals surface area contributed by atoms with Crippen molar-refractivity contribution in [2.75, 3.05) is 32.7 Å². The second kappa shape index (κ2) is 8.82. The summed E-state index contributed by atoms with van der Waals surface area (Å²) in [5, 5.41) is 5.06. The van der Waals surface area contributed by atoms with Crippen LogP contribution in [0.3, 0.4) is 0 Å². The number of hydrogen-bond donors (Lipinski definition) is 0. The molecular formula is C22H23N3OS2. The molecule has 0 spiro atoms. The third kappa shape index (κ3) is 4.41. The van der Waals surface area contributed by atoms with Crippen LogP contribution >= 0.6 is 22.7 Å². The fourth-order valence-corrected chi connectivity index (χ4v) is 5.03. The second-order valence-corrected chi connectivity index (χ2v) is 8.63. The maximum atomic E-state index is 13.0. The van der Waals surface area contributed by atoms with Crippen LogP contribution in [-0.4, -0.2) is 53.4 Å². The lowest BCUT2D eigenvalue weighted by atomic mass is 10.2. The highest BCUT2D eigenvalue weighted by atomic mass is 32.1. The van der Waals surface area contributed by atoms with Gasteiger partial charge in [-0.25, -0.2) is 4.98 Å². The lowest BCUT2D eigenvalue weighted by Crippen LogP contribution is -2.48. The predicted molar refractivity (Wildman–Crippen MR) is 118 cm³/mol. The van der Waals surface area contributed by atoms with E-state index in [1.165, 1.54) is 16.9 Å². The van der Waals surface area contributed by atoms with Gasteiger partial charge in [-0.05, 0) is 23.9 Å². The molecule has 1 fully saturated rings. The van der Waals surface area contributed by atoms with Crippen molar-refractivity contribution in [3.8, 4) is 10.6 Å². The summed E-state index contributed by atoms with van der Waals surface area (Å²) < 4.78 is 0. The highest BCUT2D eigenvalue weighted by molar-refractivity contribution is 7.17. The number of thiazole rings is 1. The molecular weight excluding hydrogens is 386 g/mol. The molecule has 1 amide bonds. The monoisotopic (exact) mass is 409 g/mol. The van der Waals surface area contributed by atoms with Crippen LogP contribution in [0.1, 0.15) is 20.9 Å². The molecule has 0 unspecified atom stereocenters. The summed E-state index contributed by atoms with van der Waals surface area (Å²) in [5.41, 5.74) is 3.16. The standard InChI is InChI=1S/C22H23N3OS2/c1-17-20(28-21(23-17)19-9-15-27-16-19)22(26)25-13-11-24(12-14-25)10-5-8-18-6-3-2-4-7-18/h2-9,15-16H,10-14H2,1H3/b8-5+. The highest BCUT2D eigenvalue weighted by Gasteiger charge is 2.25. The number of aryl methyl sites for hydroxylation is 1. The van der Waals surface area contributed by atoms with E-state index in [9.17, 15) is 4.79 Å². The van der Waals surface area contributed by atoms with E-state index in [1.807, 2.05) is 23.3 Å². The van der Waals surface area contributed by atoms with Gasteiger partial charge in [0.15, 0.2) is 0 Å². The molecule has 0 bridgehead atoms. The Labute approximate surface area is 173 Å². The largest absolute Gasteiger partial charge is 0.335 e. The van der Waals surface area contributed by atoms with E-state index in [1.54, 1.807) is 11.3 Å². The van der Waals surface area contributed by atoms with Gasteiger partial charge in [-0.2, -0.15) is 11.3 Å². The Morgan fingerprint density at radius 3 is 2.64 bits per heavy atom. The Balaban J connectivity index is 1.32. The summed E-state index contributed by atoms with van der Waals surface area (Å²) >= 11 is 3.16. The quantitative estimate of drug-likeness (QED) is 0.615. The van der Waals surface area contributed by atoms with Gasteiger partial charge >= 0.3 is 0 Å². The zero-order chi connectivity index (χ0) is 19.3. The fraction of sp³-hybridized carbons (Fsp3) is 0.273. The summed E-state index contributed by atoms with van der Waals surface area (Å²) in [4.78, 5) is 22.7. The van der Waals surface area contributed by atoms with E-state index in [0.717, 1.165) is 53.9 Å². The molecule has 0 N–H and O–H groups in total. The molecule has 144 valence electrons. The third-order valence-corrected chi connectivity index (χ3v) is 6.77. The zero-order valence-electron chi connectivity index (χ0n) is 15.9. The topological polar surface area (TPSA) is 36.4 Å². The van der Waals surface area contributed by atoms with Gasteiger partial charge in [-0.3, -0.25) is 9.69 Å². The number of thiophene rings is 1. The van der Waals surface area contributed by atoms with Gasteiger partial charge in [0.25, 0.3) is 5.91 Å². The first-order valence-electron chi connectivity index (χ1n) is 9.44. The van der Waals surface area contributed by atoms with Gasteiger partial charge in [-0.1, -0.05) is 42.5 Å².